The predicted molar refractivity (Wildman–Crippen MR) is 98.1 cm³/mol. The molecule has 0 spiro atoms. The molecule has 1 aromatic heterocycles. The summed E-state index contributed by atoms with van der Waals surface area (Å²) >= 11 is 6.06. The molecule has 0 aromatic carbocycles. The number of piperazine rings is 1. The Labute approximate surface area is 152 Å². The molecule has 1 saturated heterocycles. The van der Waals surface area contributed by atoms with Gasteiger partial charge in [-0.2, -0.15) is 5.10 Å². The topological polar surface area (TPSA) is 81.3 Å². The summed E-state index contributed by atoms with van der Waals surface area (Å²) in [6, 6.07) is 0.332. The van der Waals surface area contributed by atoms with Crippen LogP contribution in [0, 0.1) is 5.92 Å². The van der Waals surface area contributed by atoms with E-state index in [1.807, 2.05) is 4.90 Å². The number of aromatic nitrogens is 2. The summed E-state index contributed by atoms with van der Waals surface area (Å²) in [6.07, 6.45) is 6.24. The molecule has 7 nitrogen and oxygen atoms in total. The molecule has 1 aliphatic carbocycles. The van der Waals surface area contributed by atoms with Crippen molar-refractivity contribution in [3.05, 3.63) is 21.6 Å². The van der Waals surface area contributed by atoms with Crippen LogP contribution in [0.2, 0.25) is 5.02 Å². The van der Waals surface area contributed by atoms with Gasteiger partial charge in [0, 0.05) is 32.2 Å². The number of anilines is 1. The quantitative estimate of drug-likeness (QED) is 0.836. The molecule has 8 heteroatoms. The van der Waals surface area contributed by atoms with Crippen LogP contribution in [0.3, 0.4) is 0 Å². The number of carbonyl (C=O) groups is 1. The summed E-state index contributed by atoms with van der Waals surface area (Å²) in [5, 5.41) is 9.50. The molecule has 25 heavy (non-hydrogen) atoms. The number of halogens is 1. The lowest BCUT2D eigenvalue weighted by molar-refractivity contribution is -0.123. The number of hydrogen-bond donors (Lipinski definition) is 2. The highest BCUT2D eigenvalue weighted by Crippen LogP contribution is 2.24. The maximum absolute atomic E-state index is 12.3. The maximum Gasteiger partial charge on any atom is 0.285 e. The van der Waals surface area contributed by atoms with Gasteiger partial charge in [0.05, 0.1) is 18.4 Å². The lowest BCUT2D eigenvalue weighted by Crippen LogP contribution is -2.51. The third-order valence-electron chi connectivity index (χ3n) is 5.16. The highest BCUT2D eigenvalue weighted by Gasteiger charge is 2.24. The van der Waals surface area contributed by atoms with Crippen LogP contribution in [-0.4, -0.2) is 59.8 Å². The Morgan fingerprint density at radius 2 is 2.12 bits per heavy atom. The molecule has 2 aliphatic rings. The van der Waals surface area contributed by atoms with Crippen molar-refractivity contribution >= 4 is 23.2 Å². The maximum atomic E-state index is 12.3. The van der Waals surface area contributed by atoms with Gasteiger partial charge in [-0.05, 0) is 18.8 Å². The first-order valence-corrected chi connectivity index (χ1v) is 9.40. The number of H-pyrrole nitrogens is 1. The van der Waals surface area contributed by atoms with Gasteiger partial charge in [-0.1, -0.05) is 31.4 Å². The van der Waals surface area contributed by atoms with Crippen LogP contribution in [0.25, 0.3) is 0 Å². The van der Waals surface area contributed by atoms with Gasteiger partial charge in [0.25, 0.3) is 5.56 Å². The smallest absolute Gasteiger partial charge is 0.285 e. The van der Waals surface area contributed by atoms with E-state index < -0.39 is 0 Å². The van der Waals surface area contributed by atoms with E-state index in [4.69, 9.17) is 11.6 Å². The Morgan fingerprint density at radius 1 is 1.36 bits per heavy atom. The summed E-state index contributed by atoms with van der Waals surface area (Å²) < 4.78 is 0. The highest BCUT2D eigenvalue weighted by molar-refractivity contribution is 6.33. The van der Waals surface area contributed by atoms with Crippen molar-refractivity contribution in [1.29, 1.82) is 0 Å². The van der Waals surface area contributed by atoms with Gasteiger partial charge < -0.3 is 10.2 Å². The van der Waals surface area contributed by atoms with Crippen molar-refractivity contribution in [2.45, 2.75) is 38.6 Å². The minimum Gasteiger partial charge on any atom is -0.366 e. The minimum atomic E-state index is -0.373. The molecule has 2 atom stereocenters. The molecule has 3 rings (SSSR count). The Hall–Kier alpha value is -1.60. The van der Waals surface area contributed by atoms with Gasteiger partial charge in [0.1, 0.15) is 5.02 Å². The zero-order valence-corrected chi connectivity index (χ0v) is 15.4. The van der Waals surface area contributed by atoms with Crippen LogP contribution in [0.1, 0.15) is 32.6 Å². The van der Waals surface area contributed by atoms with E-state index in [9.17, 15) is 9.59 Å². The average Bonchev–Trinajstić information content (AvgIpc) is 2.58. The van der Waals surface area contributed by atoms with Crippen LogP contribution in [-0.2, 0) is 4.79 Å². The Kier molecular flexibility index (Phi) is 5.96. The first-order valence-electron chi connectivity index (χ1n) is 9.03. The van der Waals surface area contributed by atoms with Gasteiger partial charge >= 0.3 is 0 Å². The van der Waals surface area contributed by atoms with E-state index in [1.54, 1.807) is 6.20 Å². The number of amides is 1. The van der Waals surface area contributed by atoms with Crippen molar-refractivity contribution in [3.8, 4) is 0 Å². The fraction of sp³-hybridized carbons (Fsp3) is 0.706. The van der Waals surface area contributed by atoms with Crippen molar-refractivity contribution in [3.63, 3.8) is 0 Å². The van der Waals surface area contributed by atoms with Crippen LogP contribution in [0.4, 0.5) is 5.69 Å². The van der Waals surface area contributed by atoms with Gasteiger partial charge in [0.15, 0.2) is 0 Å². The molecule has 2 unspecified atom stereocenters. The van der Waals surface area contributed by atoms with E-state index in [-0.39, 0.29) is 16.5 Å². The normalized spacial score (nSPS) is 25.0. The van der Waals surface area contributed by atoms with Crippen LogP contribution >= 0.6 is 11.6 Å². The van der Waals surface area contributed by atoms with Crippen molar-refractivity contribution in [2.75, 3.05) is 37.6 Å². The summed E-state index contributed by atoms with van der Waals surface area (Å²) in [6.45, 7) is 5.65. The van der Waals surface area contributed by atoms with E-state index in [0.29, 0.717) is 24.2 Å². The molecule has 1 aromatic rings. The second kappa shape index (κ2) is 8.19. The van der Waals surface area contributed by atoms with Gasteiger partial charge in [0.2, 0.25) is 5.91 Å². The molecule has 0 bridgehead atoms. The number of aromatic amines is 1. The van der Waals surface area contributed by atoms with Crippen LogP contribution in [0.5, 0.6) is 0 Å². The molecule has 0 radical (unpaired) electrons. The Morgan fingerprint density at radius 3 is 2.84 bits per heavy atom. The van der Waals surface area contributed by atoms with Crippen molar-refractivity contribution in [2.24, 2.45) is 5.92 Å². The first kappa shape index (κ1) is 18.2. The lowest BCUT2D eigenvalue weighted by Gasteiger charge is -2.36. The summed E-state index contributed by atoms with van der Waals surface area (Å²) in [5.41, 5.74) is 0.286. The number of carbonyl (C=O) groups excluding carboxylic acids is 1. The fourth-order valence-corrected chi connectivity index (χ4v) is 3.99. The SMILES string of the molecule is CC1CCCC(NC(=O)CN2CCN(c3cn[nH]c(=O)c3Cl)CC2)C1. The van der Waals surface area contributed by atoms with Crippen LogP contribution < -0.4 is 15.8 Å². The fourth-order valence-electron chi connectivity index (χ4n) is 3.78. The highest BCUT2D eigenvalue weighted by atomic mass is 35.5. The molecular formula is C17H26ClN5O2. The molecule has 138 valence electrons. The zero-order chi connectivity index (χ0) is 17.8. The Bertz CT molecular complexity index is 657. The van der Waals surface area contributed by atoms with E-state index in [1.165, 1.54) is 12.8 Å². The van der Waals surface area contributed by atoms with E-state index >= 15 is 0 Å². The molecule has 1 amide bonds. The van der Waals surface area contributed by atoms with Crippen molar-refractivity contribution < 1.29 is 4.79 Å². The molecular weight excluding hydrogens is 342 g/mol. The van der Waals surface area contributed by atoms with Gasteiger partial charge in [-0.15, -0.1) is 0 Å². The monoisotopic (exact) mass is 367 g/mol. The Balaban J connectivity index is 1.47. The average molecular weight is 368 g/mol. The first-order chi connectivity index (χ1) is 12.0. The molecule has 1 aliphatic heterocycles. The second-order valence-corrected chi connectivity index (χ2v) is 7.58. The number of nitrogens with zero attached hydrogens (tertiary/aromatic N) is 3. The number of nitrogens with one attached hydrogen (secondary N) is 2. The second-order valence-electron chi connectivity index (χ2n) is 7.20. The third-order valence-corrected chi connectivity index (χ3v) is 5.52. The summed E-state index contributed by atoms with van der Waals surface area (Å²) in [5.74, 6) is 0.818. The minimum absolute atomic E-state index is 0.114. The third kappa shape index (κ3) is 4.73. The number of rotatable bonds is 4. The largest absolute Gasteiger partial charge is 0.366 e. The molecule has 2 fully saturated rings. The van der Waals surface area contributed by atoms with Crippen molar-refractivity contribution in [1.82, 2.24) is 20.4 Å². The molecule has 2 N–H and O–H groups in total. The zero-order valence-electron chi connectivity index (χ0n) is 14.6. The summed E-state index contributed by atoms with van der Waals surface area (Å²) in [7, 11) is 0. The molecule has 2 heterocycles. The standard InChI is InChI=1S/C17H26ClN5O2/c1-12-3-2-4-13(9-12)20-15(24)11-22-5-7-23(8-6-22)14-10-19-21-17(25)16(14)18/h10,12-13H,2-9,11H2,1H3,(H,20,24)(H,21,25). The lowest BCUT2D eigenvalue weighted by atomic mass is 9.87. The van der Waals surface area contributed by atoms with Gasteiger partial charge in [-0.25, -0.2) is 5.10 Å². The van der Waals surface area contributed by atoms with Gasteiger partial charge in [-0.3, -0.25) is 14.5 Å². The van der Waals surface area contributed by atoms with Crippen LogP contribution in [0.15, 0.2) is 11.0 Å². The summed E-state index contributed by atoms with van der Waals surface area (Å²) in [4.78, 5) is 28.0. The predicted octanol–water partition coefficient (Wildman–Crippen LogP) is 1.24. The number of hydrogen-bond acceptors (Lipinski definition) is 5. The van der Waals surface area contributed by atoms with E-state index in [2.05, 4.69) is 27.3 Å². The van der Waals surface area contributed by atoms with E-state index in [0.717, 1.165) is 39.0 Å². The molecule has 1 saturated carbocycles.